The Morgan fingerprint density at radius 1 is 1.20 bits per heavy atom. The number of hydrogen-bond acceptors (Lipinski definition) is 4. The van der Waals surface area contributed by atoms with Gasteiger partial charge in [-0.1, -0.05) is 6.07 Å². The number of carbonyl (C=O) groups excluding carboxylic acids is 1. The van der Waals surface area contributed by atoms with E-state index in [1.54, 1.807) is 27.6 Å². The predicted octanol–water partition coefficient (Wildman–Crippen LogP) is 3.66. The number of hydrogen-bond donors (Lipinski definition) is 0. The van der Waals surface area contributed by atoms with Crippen LogP contribution < -0.4 is 0 Å². The van der Waals surface area contributed by atoms with Crippen molar-refractivity contribution in [1.82, 2.24) is 9.80 Å². The van der Waals surface area contributed by atoms with E-state index in [2.05, 4.69) is 28.1 Å². The first-order chi connectivity index (χ1) is 9.54. The number of carbonyl (C=O) groups is 1. The number of halogens is 1. The summed E-state index contributed by atoms with van der Waals surface area (Å²) in [6.07, 6.45) is 0. The fraction of sp³-hybridized carbons (Fsp3) is 0.357. The van der Waals surface area contributed by atoms with Crippen molar-refractivity contribution in [2.45, 2.75) is 13.1 Å². The number of thiophene rings is 2. The number of amides is 1. The van der Waals surface area contributed by atoms with Gasteiger partial charge >= 0.3 is 0 Å². The van der Waals surface area contributed by atoms with Crippen LogP contribution in [0.5, 0.6) is 0 Å². The number of likely N-dealkylation sites (N-methyl/N-ethyl adjacent to an activating group) is 2. The first-order valence-corrected chi connectivity index (χ1v) is 8.72. The normalized spacial score (nSPS) is 11.0. The summed E-state index contributed by atoms with van der Waals surface area (Å²) in [4.78, 5) is 18.5. The third-order valence-electron chi connectivity index (χ3n) is 2.86. The van der Waals surface area contributed by atoms with Crippen LogP contribution >= 0.6 is 38.6 Å². The lowest BCUT2D eigenvalue weighted by Gasteiger charge is -2.21. The SMILES string of the molecule is CN(CC(=O)N(C)Cc1cccs1)Cc1ccc(Br)s1. The molecule has 108 valence electrons. The topological polar surface area (TPSA) is 23.6 Å². The van der Waals surface area contributed by atoms with Crippen molar-refractivity contribution in [2.24, 2.45) is 0 Å². The third kappa shape index (κ3) is 4.70. The smallest absolute Gasteiger partial charge is 0.236 e. The summed E-state index contributed by atoms with van der Waals surface area (Å²) in [5.74, 6) is 0.150. The standard InChI is InChI=1S/C14H17BrN2OS2/c1-16(8-12-5-6-13(15)20-12)10-14(18)17(2)9-11-4-3-7-19-11/h3-7H,8-10H2,1-2H3. The largest absolute Gasteiger partial charge is 0.340 e. The van der Waals surface area contributed by atoms with E-state index in [9.17, 15) is 4.79 Å². The molecule has 0 atom stereocenters. The maximum Gasteiger partial charge on any atom is 0.236 e. The van der Waals surface area contributed by atoms with Crippen molar-refractivity contribution in [1.29, 1.82) is 0 Å². The van der Waals surface area contributed by atoms with Gasteiger partial charge in [-0.25, -0.2) is 0 Å². The predicted molar refractivity (Wildman–Crippen MR) is 89.1 cm³/mol. The van der Waals surface area contributed by atoms with Gasteiger partial charge in [0.05, 0.1) is 16.9 Å². The Morgan fingerprint density at radius 3 is 2.60 bits per heavy atom. The van der Waals surface area contributed by atoms with Crippen molar-refractivity contribution in [3.8, 4) is 0 Å². The maximum atomic E-state index is 12.2. The summed E-state index contributed by atoms with van der Waals surface area (Å²) >= 11 is 6.84. The van der Waals surface area contributed by atoms with Gasteiger partial charge in [-0.05, 0) is 46.6 Å². The van der Waals surface area contributed by atoms with Gasteiger partial charge in [-0.3, -0.25) is 9.69 Å². The van der Waals surface area contributed by atoms with E-state index in [4.69, 9.17) is 0 Å². The zero-order valence-electron chi connectivity index (χ0n) is 11.5. The summed E-state index contributed by atoms with van der Waals surface area (Å²) in [7, 11) is 3.84. The third-order valence-corrected chi connectivity index (χ3v) is 5.33. The number of nitrogens with zero attached hydrogens (tertiary/aromatic N) is 2. The Bertz CT molecular complexity index is 553. The second kappa shape index (κ2) is 7.36. The number of rotatable bonds is 6. The molecule has 0 fully saturated rings. The molecule has 0 radical (unpaired) electrons. The average Bonchev–Trinajstić information content (AvgIpc) is 3.01. The summed E-state index contributed by atoms with van der Waals surface area (Å²) in [6.45, 7) is 1.93. The molecule has 2 heterocycles. The summed E-state index contributed by atoms with van der Waals surface area (Å²) in [5.41, 5.74) is 0. The first-order valence-electron chi connectivity index (χ1n) is 6.23. The zero-order valence-corrected chi connectivity index (χ0v) is 14.7. The molecule has 3 nitrogen and oxygen atoms in total. The quantitative estimate of drug-likeness (QED) is 0.772. The van der Waals surface area contributed by atoms with Gasteiger partial charge in [0.15, 0.2) is 0 Å². The molecule has 0 unspecified atom stereocenters. The zero-order chi connectivity index (χ0) is 14.5. The minimum Gasteiger partial charge on any atom is -0.340 e. The average molecular weight is 373 g/mol. The minimum absolute atomic E-state index is 0.150. The van der Waals surface area contributed by atoms with Crippen LogP contribution in [0.3, 0.4) is 0 Å². The first kappa shape index (κ1) is 15.7. The molecule has 0 aliphatic carbocycles. The fourth-order valence-corrected chi connectivity index (χ4v) is 4.16. The Balaban J connectivity index is 1.81. The highest BCUT2D eigenvalue weighted by Gasteiger charge is 2.13. The van der Waals surface area contributed by atoms with Crippen LogP contribution in [0.1, 0.15) is 9.75 Å². The molecule has 2 aromatic rings. The molecule has 1 amide bonds. The van der Waals surface area contributed by atoms with E-state index < -0.39 is 0 Å². The van der Waals surface area contributed by atoms with E-state index in [0.29, 0.717) is 13.1 Å². The van der Waals surface area contributed by atoms with E-state index in [1.807, 2.05) is 36.5 Å². The Morgan fingerprint density at radius 2 is 2.00 bits per heavy atom. The fourth-order valence-electron chi connectivity index (χ4n) is 1.83. The molecule has 20 heavy (non-hydrogen) atoms. The van der Waals surface area contributed by atoms with Gasteiger partial charge in [-0.15, -0.1) is 22.7 Å². The van der Waals surface area contributed by atoms with E-state index in [1.165, 1.54) is 9.75 Å². The molecule has 0 saturated carbocycles. The Hall–Kier alpha value is -0.690. The van der Waals surface area contributed by atoms with Gasteiger partial charge in [0.25, 0.3) is 0 Å². The molecule has 2 rings (SSSR count). The van der Waals surface area contributed by atoms with Gasteiger partial charge < -0.3 is 4.90 Å². The highest BCUT2D eigenvalue weighted by Crippen LogP contribution is 2.22. The van der Waals surface area contributed by atoms with Gasteiger partial charge in [0.1, 0.15) is 0 Å². The maximum absolute atomic E-state index is 12.2. The van der Waals surface area contributed by atoms with Crippen molar-refractivity contribution in [3.63, 3.8) is 0 Å². The molecule has 0 aliphatic heterocycles. The minimum atomic E-state index is 0.150. The van der Waals surface area contributed by atoms with Crippen molar-refractivity contribution >= 4 is 44.5 Å². The lowest BCUT2D eigenvalue weighted by molar-refractivity contribution is -0.131. The van der Waals surface area contributed by atoms with E-state index in [-0.39, 0.29) is 5.91 Å². The van der Waals surface area contributed by atoms with Crippen molar-refractivity contribution in [2.75, 3.05) is 20.6 Å². The summed E-state index contributed by atoms with van der Waals surface area (Å²) in [6, 6.07) is 8.20. The van der Waals surface area contributed by atoms with Crippen LogP contribution in [-0.2, 0) is 17.9 Å². The lowest BCUT2D eigenvalue weighted by atomic mass is 10.4. The second-order valence-electron chi connectivity index (χ2n) is 4.71. The van der Waals surface area contributed by atoms with Gasteiger partial charge in [0.2, 0.25) is 5.91 Å². The summed E-state index contributed by atoms with van der Waals surface area (Å²) < 4.78 is 1.13. The van der Waals surface area contributed by atoms with Crippen LogP contribution in [0.4, 0.5) is 0 Å². The molecule has 0 aromatic carbocycles. The Labute approximate surface area is 136 Å². The molecule has 0 N–H and O–H groups in total. The summed E-state index contributed by atoms with van der Waals surface area (Å²) in [5, 5.41) is 2.04. The molecule has 0 bridgehead atoms. The molecule has 0 aliphatic rings. The lowest BCUT2D eigenvalue weighted by Crippen LogP contribution is -2.35. The molecule has 0 saturated heterocycles. The second-order valence-corrected chi connectivity index (χ2v) is 8.29. The van der Waals surface area contributed by atoms with Crippen LogP contribution in [0, 0.1) is 0 Å². The molecule has 2 aromatic heterocycles. The van der Waals surface area contributed by atoms with Crippen LogP contribution in [0.25, 0.3) is 0 Å². The van der Waals surface area contributed by atoms with Gasteiger partial charge in [0, 0.05) is 23.3 Å². The monoisotopic (exact) mass is 372 g/mol. The van der Waals surface area contributed by atoms with Crippen molar-refractivity contribution in [3.05, 3.63) is 43.2 Å². The molecular formula is C14H17BrN2OS2. The molecule has 0 spiro atoms. The van der Waals surface area contributed by atoms with E-state index >= 15 is 0 Å². The van der Waals surface area contributed by atoms with Crippen LogP contribution in [0.2, 0.25) is 0 Å². The Kier molecular flexibility index (Phi) is 5.77. The highest BCUT2D eigenvalue weighted by molar-refractivity contribution is 9.11. The van der Waals surface area contributed by atoms with Crippen LogP contribution in [0.15, 0.2) is 33.4 Å². The van der Waals surface area contributed by atoms with Crippen LogP contribution in [-0.4, -0.2) is 36.3 Å². The molecular weight excluding hydrogens is 356 g/mol. The molecule has 6 heteroatoms. The van der Waals surface area contributed by atoms with Gasteiger partial charge in [-0.2, -0.15) is 0 Å². The highest BCUT2D eigenvalue weighted by atomic mass is 79.9. The van der Waals surface area contributed by atoms with E-state index in [0.717, 1.165) is 10.3 Å². The van der Waals surface area contributed by atoms with Crippen molar-refractivity contribution < 1.29 is 4.79 Å².